The zero-order chi connectivity index (χ0) is 20.2. The number of carbonyl (C=O) groups excluding carboxylic acids is 1. The van der Waals surface area contributed by atoms with Crippen molar-refractivity contribution in [3.05, 3.63) is 47.0 Å². The summed E-state index contributed by atoms with van der Waals surface area (Å²) in [6.45, 7) is 3.30. The lowest BCUT2D eigenvalue weighted by Gasteiger charge is -2.29. The molecule has 1 aromatic carbocycles. The van der Waals surface area contributed by atoms with Crippen molar-refractivity contribution in [3.63, 3.8) is 0 Å². The second-order valence-corrected chi connectivity index (χ2v) is 7.67. The lowest BCUT2D eigenvalue weighted by Crippen LogP contribution is -2.38. The summed E-state index contributed by atoms with van der Waals surface area (Å²) in [4.78, 5) is 24.2. The van der Waals surface area contributed by atoms with E-state index in [1.165, 1.54) is 6.42 Å². The van der Waals surface area contributed by atoms with Crippen LogP contribution in [0.25, 0.3) is 0 Å². The molecular formula is C22H28N4O3. The third-order valence-corrected chi connectivity index (χ3v) is 5.77. The molecule has 0 saturated carbocycles. The number of nitrogens with zero attached hydrogens (tertiary/aromatic N) is 3. The van der Waals surface area contributed by atoms with Gasteiger partial charge in [0.05, 0.1) is 26.3 Å². The van der Waals surface area contributed by atoms with Crippen molar-refractivity contribution < 1.29 is 14.3 Å². The SMILES string of the molecule is COc1ccc(CC(=O)N2CCc3nc([C@@H]4CCCNC4)ncc3C2)cc1OC. The van der Waals surface area contributed by atoms with Crippen LogP contribution >= 0.6 is 0 Å². The minimum Gasteiger partial charge on any atom is -0.493 e. The monoisotopic (exact) mass is 396 g/mol. The number of benzene rings is 1. The zero-order valence-electron chi connectivity index (χ0n) is 17.1. The van der Waals surface area contributed by atoms with Crippen LogP contribution in [0, 0.1) is 0 Å². The van der Waals surface area contributed by atoms with Crippen molar-refractivity contribution >= 4 is 5.91 Å². The van der Waals surface area contributed by atoms with Gasteiger partial charge in [-0.05, 0) is 37.1 Å². The van der Waals surface area contributed by atoms with E-state index in [0.717, 1.165) is 48.6 Å². The van der Waals surface area contributed by atoms with E-state index in [1.807, 2.05) is 29.3 Å². The molecular weight excluding hydrogens is 368 g/mol. The Morgan fingerprint density at radius 3 is 2.90 bits per heavy atom. The number of hydrogen-bond acceptors (Lipinski definition) is 6. The summed E-state index contributed by atoms with van der Waals surface area (Å²) in [6, 6.07) is 5.61. The number of amides is 1. The summed E-state index contributed by atoms with van der Waals surface area (Å²) in [6.07, 6.45) is 5.35. The first kappa shape index (κ1) is 19.6. The first-order valence-corrected chi connectivity index (χ1v) is 10.2. The lowest BCUT2D eigenvalue weighted by atomic mass is 9.98. The van der Waals surface area contributed by atoms with Gasteiger partial charge in [0.25, 0.3) is 0 Å². The molecule has 0 radical (unpaired) electrons. The van der Waals surface area contributed by atoms with Crippen molar-refractivity contribution in [1.29, 1.82) is 0 Å². The van der Waals surface area contributed by atoms with Gasteiger partial charge in [0.2, 0.25) is 5.91 Å². The molecule has 29 heavy (non-hydrogen) atoms. The van der Waals surface area contributed by atoms with Crippen LogP contribution in [0.5, 0.6) is 11.5 Å². The molecule has 1 saturated heterocycles. The van der Waals surface area contributed by atoms with Crippen molar-refractivity contribution in [2.24, 2.45) is 0 Å². The molecule has 0 spiro atoms. The molecule has 4 rings (SSSR count). The maximum Gasteiger partial charge on any atom is 0.227 e. The van der Waals surface area contributed by atoms with Crippen molar-refractivity contribution in [3.8, 4) is 11.5 Å². The Morgan fingerprint density at radius 1 is 1.28 bits per heavy atom. The van der Waals surface area contributed by atoms with Crippen LogP contribution in [0.15, 0.2) is 24.4 Å². The molecule has 1 N–H and O–H groups in total. The molecule has 2 aliphatic rings. The number of nitrogens with one attached hydrogen (secondary N) is 1. The highest BCUT2D eigenvalue weighted by Gasteiger charge is 2.25. The fourth-order valence-corrected chi connectivity index (χ4v) is 4.09. The van der Waals surface area contributed by atoms with Gasteiger partial charge in [0.15, 0.2) is 11.5 Å². The quantitative estimate of drug-likeness (QED) is 0.834. The molecule has 1 fully saturated rings. The largest absolute Gasteiger partial charge is 0.493 e. The van der Waals surface area contributed by atoms with E-state index < -0.39 is 0 Å². The van der Waals surface area contributed by atoms with Crippen molar-refractivity contribution in [2.75, 3.05) is 33.9 Å². The Bertz CT molecular complexity index is 880. The average molecular weight is 396 g/mol. The molecule has 2 aromatic rings. The Balaban J connectivity index is 1.42. The van der Waals surface area contributed by atoms with E-state index in [2.05, 4.69) is 10.3 Å². The number of methoxy groups -OCH3 is 2. The maximum atomic E-state index is 12.9. The summed E-state index contributed by atoms with van der Waals surface area (Å²) >= 11 is 0. The van der Waals surface area contributed by atoms with Gasteiger partial charge in [-0.2, -0.15) is 0 Å². The van der Waals surface area contributed by atoms with E-state index in [1.54, 1.807) is 14.2 Å². The van der Waals surface area contributed by atoms with E-state index >= 15 is 0 Å². The van der Waals surface area contributed by atoms with Crippen LogP contribution in [0.4, 0.5) is 0 Å². The fourth-order valence-electron chi connectivity index (χ4n) is 4.09. The van der Waals surface area contributed by atoms with Gasteiger partial charge in [-0.1, -0.05) is 6.07 Å². The van der Waals surface area contributed by atoms with Crippen LogP contribution in [-0.2, 0) is 24.2 Å². The van der Waals surface area contributed by atoms with Crippen LogP contribution in [0.2, 0.25) is 0 Å². The smallest absolute Gasteiger partial charge is 0.227 e. The number of piperidine rings is 1. The minimum atomic E-state index is 0.100. The second-order valence-electron chi connectivity index (χ2n) is 7.67. The number of aromatic nitrogens is 2. The highest BCUT2D eigenvalue weighted by atomic mass is 16.5. The molecule has 0 bridgehead atoms. The molecule has 1 aromatic heterocycles. The predicted molar refractivity (Wildman–Crippen MR) is 109 cm³/mol. The van der Waals surface area contributed by atoms with Gasteiger partial charge < -0.3 is 19.7 Å². The van der Waals surface area contributed by atoms with E-state index in [0.29, 0.717) is 36.9 Å². The number of fused-ring (bicyclic) bond motifs is 1. The van der Waals surface area contributed by atoms with Gasteiger partial charge in [-0.15, -0.1) is 0 Å². The topological polar surface area (TPSA) is 76.6 Å². The molecule has 1 amide bonds. The zero-order valence-corrected chi connectivity index (χ0v) is 17.1. The first-order valence-electron chi connectivity index (χ1n) is 10.2. The molecule has 3 heterocycles. The molecule has 7 nitrogen and oxygen atoms in total. The van der Waals surface area contributed by atoms with Crippen LogP contribution < -0.4 is 14.8 Å². The highest BCUT2D eigenvalue weighted by Crippen LogP contribution is 2.28. The Morgan fingerprint density at radius 2 is 2.14 bits per heavy atom. The molecule has 2 aliphatic heterocycles. The predicted octanol–water partition coefficient (Wildman–Crippen LogP) is 2.09. The average Bonchev–Trinajstić information content (AvgIpc) is 2.78. The maximum absolute atomic E-state index is 12.9. The van der Waals surface area contributed by atoms with E-state index in [-0.39, 0.29) is 5.91 Å². The summed E-state index contributed by atoms with van der Waals surface area (Å²) in [5.41, 5.74) is 3.06. The summed E-state index contributed by atoms with van der Waals surface area (Å²) in [7, 11) is 3.20. The molecule has 7 heteroatoms. The Hall–Kier alpha value is -2.67. The van der Waals surface area contributed by atoms with Crippen molar-refractivity contribution in [1.82, 2.24) is 20.2 Å². The number of carbonyl (C=O) groups is 1. The van der Waals surface area contributed by atoms with Gasteiger partial charge >= 0.3 is 0 Å². The Kier molecular flexibility index (Phi) is 5.94. The number of rotatable bonds is 5. The van der Waals surface area contributed by atoms with Crippen LogP contribution in [0.3, 0.4) is 0 Å². The standard InChI is InChI=1S/C22H28N4O3/c1-28-19-6-5-15(10-20(19)29-2)11-21(27)26-9-7-18-17(14-26)13-24-22(25-18)16-4-3-8-23-12-16/h5-6,10,13,16,23H,3-4,7-9,11-12,14H2,1-2H3/t16-/m1/s1. The lowest BCUT2D eigenvalue weighted by molar-refractivity contribution is -0.131. The molecule has 0 unspecified atom stereocenters. The summed E-state index contributed by atoms with van der Waals surface area (Å²) in [5.74, 6) is 2.75. The van der Waals surface area contributed by atoms with Gasteiger partial charge in [-0.25, -0.2) is 9.97 Å². The summed E-state index contributed by atoms with van der Waals surface area (Å²) in [5, 5.41) is 3.42. The van der Waals surface area contributed by atoms with E-state index in [9.17, 15) is 4.79 Å². The highest BCUT2D eigenvalue weighted by molar-refractivity contribution is 5.79. The Labute approximate surface area is 171 Å². The van der Waals surface area contributed by atoms with Gasteiger partial charge in [0.1, 0.15) is 5.82 Å². The third-order valence-electron chi connectivity index (χ3n) is 5.77. The molecule has 1 atom stereocenters. The number of hydrogen-bond donors (Lipinski definition) is 1. The van der Waals surface area contributed by atoms with Crippen LogP contribution in [-0.4, -0.2) is 54.6 Å². The van der Waals surface area contributed by atoms with Crippen molar-refractivity contribution in [2.45, 2.75) is 38.1 Å². The normalized spacial score (nSPS) is 18.8. The molecule has 154 valence electrons. The number of ether oxygens (including phenoxy) is 2. The van der Waals surface area contributed by atoms with Crippen LogP contribution in [0.1, 0.15) is 41.4 Å². The summed E-state index contributed by atoms with van der Waals surface area (Å²) < 4.78 is 10.6. The third kappa shape index (κ3) is 4.34. The first-order chi connectivity index (χ1) is 14.2. The van der Waals surface area contributed by atoms with Gasteiger partial charge in [-0.3, -0.25) is 4.79 Å². The van der Waals surface area contributed by atoms with Gasteiger partial charge in [0, 0.05) is 43.7 Å². The molecule has 0 aliphatic carbocycles. The van der Waals surface area contributed by atoms with E-state index in [4.69, 9.17) is 14.5 Å². The fraction of sp³-hybridized carbons (Fsp3) is 0.500. The minimum absolute atomic E-state index is 0.100. The second kappa shape index (κ2) is 8.78.